The third kappa shape index (κ3) is 4.93. The predicted octanol–water partition coefficient (Wildman–Crippen LogP) is 4.37. The van der Waals surface area contributed by atoms with Gasteiger partial charge in [-0.25, -0.2) is 8.42 Å². The fourth-order valence-electron chi connectivity index (χ4n) is 3.15. The standard InChI is InChI=1S/C19H21ClN2O4S/c20-14-7-4-8-15(11-14)22-27(25,26)16-9-10-18(23)17(12-16)21-19(24)13-5-2-1-3-6-13/h4,7-13,22-23H,1-3,5-6H2,(H,21,24). The van der Waals surface area contributed by atoms with Crippen molar-refractivity contribution in [2.24, 2.45) is 5.92 Å². The molecule has 27 heavy (non-hydrogen) atoms. The van der Waals surface area contributed by atoms with E-state index in [1.807, 2.05) is 0 Å². The minimum Gasteiger partial charge on any atom is -0.506 e. The second-order valence-electron chi connectivity index (χ2n) is 6.62. The van der Waals surface area contributed by atoms with E-state index in [4.69, 9.17) is 11.6 Å². The monoisotopic (exact) mass is 408 g/mol. The highest BCUT2D eigenvalue weighted by molar-refractivity contribution is 7.92. The minimum atomic E-state index is -3.90. The lowest BCUT2D eigenvalue weighted by molar-refractivity contribution is -0.120. The number of benzene rings is 2. The van der Waals surface area contributed by atoms with E-state index in [1.54, 1.807) is 18.2 Å². The van der Waals surface area contributed by atoms with Crippen LogP contribution in [-0.4, -0.2) is 19.4 Å². The summed E-state index contributed by atoms with van der Waals surface area (Å²) in [5.74, 6) is -0.480. The van der Waals surface area contributed by atoms with Gasteiger partial charge in [0, 0.05) is 10.9 Å². The van der Waals surface area contributed by atoms with Crippen LogP contribution in [0.15, 0.2) is 47.4 Å². The number of anilines is 2. The van der Waals surface area contributed by atoms with Gasteiger partial charge in [-0.15, -0.1) is 0 Å². The fraction of sp³-hybridized carbons (Fsp3) is 0.316. The Morgan fingerprint density at radius 1 is 1.07 bits per heavy atom. The highest BCUT2D eigenvalue weighted by Crippen LogP contribution is 2.30. The number of amides is 1. The molecule has 1 fully saturated rings. The zero-order valence-corrected chi connectivity index (χ0v) is 16.2. The average molecular weight is 409 g/mol. The van der Waals surface area contributed by atoms with Crippen LogP contribution in [0.4, 0.5) is 11.4 Å². The molecule has 1 aliphatic rings. The molecule has 0 aliphatic heterocycles. The number of rotatable bonds is 5. The van der Waals surface area contributed by atoms with E-state index in [0.29, 0.717) is 10.7 Å². The molecule has 0 radical (unpaired) electrons. The highest BCUT2D eigenvalue weighted by Gasteiger charge is 2.23. The summed E-state index contributed by atoms with van der Waals surface area (Å²) in [6.45, 7) is 0. The molecule has 3 N–H and O–H groups in total. The van der Waals surface area contributed by atoms with Crippen LogP contribution in [0.1, 0.15) is 32.1 Å². The van der Waals surface area contributed by atoms with Gasteiger partial charge < -0.3 is 10.4 Å². The Balaban J connectivity index is 1.80. The van der Waals surface area contributed by atoms with Gasteiger partial charge in [-0.3, -0.25) is 9.52 Å². The molecule has 0 unspecified atom stereocenters. The SMILES string of the molecule is O=C(Nc1cc(S(=O)(=O)Nc2cccc(Cl)c2)ccc1O)C1CCCCC1. The number of aromatic hydroxyl groups is 1. The van der Waals surface area contributed by atoms with Crippen LogP contribution in [0, 0.1) is 5.92 Å². The molecule has 3 rings (SSSR count). The molecule has 0 saturated heterocycles. The van der Waals surface area contributed by atoms with E-state index in [0.717, 1.165) is 32.1 Å². The van der Waals surface area contributed by atoms with Gasteiger partial charge in [-0.05, 0) is 49.2 Å². The lowest BCUT2D eigenvalue weighted by Crippen LogP contribution is -2.25. The molecule has 0 heterocycles. The van der Waals surface area contributed by atoms with Crippen LogP contribution in [0.5, 0.6) is 5.75 Å². The number of carbonyl (C=O) groups is 1. The second-order valence-corrected chi connectivity index (χ2v) is 8.74. The molecule has 1 saturated carbocycles. The quantitative estimate of drug-likeness (QED) is 0.640. The molecule has 0 bridgehead atoms. The number of carbonyl (C=O) groups excluding carboxylic acids is 1. The van der Waals surface area contributed by atoms with Crippen LogP contribution in [0.2, 0.25) is 5.02 Å². The van der Waals surface area contributed by atoms with Crippen molar-refractivity contribution < 1.29 is 18.3 Å². The largest absolute Gasteiger partial charge is 0.506 e. The van der Waals surface area contributed by atoms with Crippen molar-refractivity contribution >= 4 is 38.9 Å². The molecule has 144 valence electrons. The molecule has 0 spiro atoms. The van der Waals surface area contributed by atoms with Crippen molar-refractivity contribution in [3.05, 3.63) is 47.5 Å². The van der Waals surface area contributed by atoms with E-state index >= 15 is 0 Å². The maximum absolute atomic E-state index is 12.6. The number of sulfonamides is 1. The lowest BCUT2D eigenvalue weighted by Gasteiger charge is -2.21. The van der Waals surface area contributed by atoms with Gasteiger partial charge in [0.15, 0.2) is 0 Å². The number of nitrogens with one attached hydrogen (secondary N) is 2. The van der Waals surface area contributed by atoms with E-state index in [1.165, 1.54) is 24.3 Å². The van der Waals surface area contributed by atoms with Crippen LogP contribution in [0.3, 0.4) is 0 Å². The summed E-state index contributed by atoms with van der Waals surface area (Å²) in [6, 6.07) is 10.1. The normalized spacial score (nSPS) is 15.3. The topological polar surface area (TPSA) is 95.5 Å². The molecular formula is C19H21ClN2O4S. The Morgan fingerprint density at radius 2 is 1.81 bits per heavy atom. The molecule has 1 amide bonds. The maximum atomic E-state index is 12.6. The highest BCUT2D eigenvalue weighted by atomic mass is 35.5. The molecule has 1 aliphatic carbocycles. The summed E-state index contributed by atoms with van der Waals surface area (Å²) in [5.41, 5.74) is 0.405. The van der Waals surface area contributed by atoms with Crippen LogP contribution < -0.4 is 10.0 Å². The summed E-state index contributed by atoms with van der Waals surface area (Å²) >= 11 is 5.88. The van der Waals surface area contributed by atoms with E-state index in [9.17, 15) is 18.3 Å². The van der Waals surface area contributed by atoms with Crippen molar-refractivity contribution in [1.29, 1.82) is 0 Å². The number of phenols is 1. The Kier molecular flexibility index (Phi) is 5.92. The van der Waals surface area contributed by atoms with Crippen LogP contribution in [-0.2, 0) is 14.8 Å². The van der Waals surface area contributed by atoms with Gasteiger partial charge in [0.2, 0.25) is 5.91 Å². The zero-order chi connectivity index (χ0) is 19.4. The zero-order valence-electron chi connectivity index (χ0n) is 14.6. The van der Waals surface area contributed by atoms with Crippen molar-refractivity contribution in [2.45, 2.75) is 37.0 Å². The third-order valence-electron chi connectivity index (χ3n) is 4.59. The molecule has 2 aromatic carbocycles. The van der Waals surface area contributed by atoms with Crippen LogP contribution in [0.25, 0.3) is 0 Å². The van der Waals surface area contributed by atoms with Gasteiger partial charge in [0.25, 0.3) is 10.0 Å². The first-order valence-corrected chi connectivity index (χ1v) is 10.6. The van der Waals surface area contributed by atoms with Gasteiger partial charge in [-0.1, -0.05) is 36.9 Å². The fourth-order valence-corrected chi connectivity index (χ4v) is 4.41. The molecular weight excluding hydrogens is 388 g/mol. The van der Waals surface area contributed by atoms with Gasteiger partial charge in [0.1, 0.15) is 5.75 Å². The van der Waals surface area contributed by atoms with E-state index < -0.39 is 10.0 Å². The summed E-state index contributed by atoms with van der Waals surface area (Å²) in [7, 11) is -3.90. The molecule has 2 aromatic rings. The lowest BCUT2D eigenvalue weighted by atomic mass is 9.88. The Morgan fingerprint density at radius 3 is 2.52 bits per heavy atom. The first-order valence-electron chi connectivity index (χ1n) is 8.77. The minimum absolute atomic E-state index is 0.0702. The maximum Gasteiger partial charge on any atom is 0.261 e. The number of hydrogen-bond acceptors (Lipinski definition) is 4. The van der Waals surface area contributed by atoms with Crippen molar-refractivity contribution in [3.63, 3.8) is 0 Å². The van der Waals surface area contributed by atoms with Crippen molar-refractivity contribution in [1.82, 2.24) is 0 Å². The van der Waals surface area contributed by atoms with Gasteiger partial charge in [-0.2, -0.15) is 0 Å². The Hall–Kier alpha value is -2.25. The van der Waals surface area contributed by atoms with Gasteiger partial charge in [0.05, 0.1) is 16.3 Å². The first kappa shape index (κ1) is 19.5. The van der Waals surface area contributed by atoms with Crippen LogP contribution >= 0.6 is 11.6 Å². The summed E-state index contributed by atoms with van der Waals surface area (Å²) in [6.07, 6.45) is 4.74. The Labute approximate surface area is 163 Å². The number of hydrogen-bond donors (Lipinski definition) is 3. The van der Waals surface area contributed by atoms with E-state index in [-0.39, 0.29) is 28.2 Å². The number of halogens is 1. The predicted molar refractivity (Wildman–Crippen MR) is 106 cm³/mol. The first-order chi connectivity index (χ1) is 12.8. The molecule has 6 nitrogen and oxygen atoms in total. The summed E-state index contributed by atoms with van der Waals surface area (Å²) in [5, 5.41) is 13.1. The third-order valence-corrected chi connectivity index (χ3v) is 6.20. The Bertz CT molecular complexity index is 940. The summed E-state index contributed by atoms with van der Waals surface area (Å²) < 4.78 is 27.7. The smallest absolute Gasteiger partial charge is 0.261 e. The molecule has 8 heteroatoms. The average Bonchev–Trinajstić information content (AvgIpc) is 2.63. The van der Waals surface area contributed by atoms with Crippen molar-refractivity contribution in [2.75, 3.05) is 10.0 Å². The summed E-state index contributed by atoms with van der Waals surface area (Å²) in [4.78, 5) is 12.3. The number of phenolic OH excluding ortho intramolecular Hbond substituents is 1. The molecule has 0 aromatic heterocycles. The van der Waals surface area contributed by atoms with Crippen molar-refractivity contribution in [3.8, 4) is 5.75 Å². The van der Waals surface area contributed by atoms with E-state index in [2.05, 4.69) is 10.0 Å². The van der Waals surface area contributed by atoms with Gasteiger partial charge >= 0.3 is 0 Å². The second kappa shape index (κ2) is 8.19. The molecule has 0 atom stereocenters.